The van der Waals surface area contributed by atoms with E-state index in [1.165, 1.54) is 11.3 Å². The van der Waals surface area contributed by atoms with E-state index in [4.69, 9.17) is 0 Å². The zero-order valence-corrected chi connectivity index (χ0v) is 14.7. The van der Waals surface area contributed by atoms with Crippen LogP contribution in [-0.2, 0) is 13.0 Å². The van der Waals surface area contributed by atoms with Gasteiger partial charge in [-0.15, -0.1) is 0 Å². The van der Waals surface area contributed by atoms with Gasteiger partial charge in [-0.2, -0.15) is 5.10 Å². The first-order valence-electron chi connectivity index (χ1n) is 8.07. The second-order valence-electron chi connectivity index (χ2n) is 5.91. The van der Waals surface area contributed by atoms with Crippen LogP contribution in [0.25, 0.3) is 0 Å². The average molecular weight is 314 g/mol. The molecule has 0 saturated heterocycles. The predicted octanol–water partition coefficient (Wildman–Crippen LogP) is 3.50. The van der Waals surface area contributed by atoms with Gasteiger partial charge in [-0.25, -0.2) is 4.79 Å². The van der Waals surface area contributed by atoms with Gasteiger partial charge in [-0.05, 0) is 63.8 Å². The monoisotopic (exact) mass is 314 g/mol. The summed E-state index contributed by atoms with van der Waals surface area (Å²) in [5.41, 5.74) is 6.49. The molecule has 0 bridgehead atoms. The fourth-order valence-electron chi connectivity index (χ4n) is 2.74. The number of anilines is 1. The zero-order chi connectivity index (χ0) is 17.0. The molecular formula is C18H26N4O. The Morgan fingerprint density at radius 3 is 2.61 bits per heavy atom. The number of aryl methyl sites for hydroxylation is 4. The summed E-state index contributed by atoms with van der Waals surface area (Å²) in [6.45, 7) is 11.6. The highest BCUT2D eigenvalue weighted by Gasteiger charge is 2.11. The number of carbonyl (C=O) groups is 1. The molecule has 0 aliphatic rings. The predicted molar refractivity (Wildman–Crippen MR) is 94.0 cm³/mol. The molecule has 1 aromatic carbocycles. The Balaban J connectivity index is 1.90. The largest absolute Gasteiger partial charge is 0.338 e. The Bertz CT molecular complexity index is 703. The summed E-state index contributed by atoms with van der Waals surface area (Å²) in [5, 5.41) is 10.3. The molecule has 0 spiro atoms. The Morgan fingerprint density at radius 1 is 1.22 bits per heavy atom. The van der Waals surface area contributed by atoms with E-state index in [9.17, 15) is 4.79 Å². The van der Waals surface area contributed by atoms with E-state index in [2.05, 4.69) is 29.6 Å². The van der Waals surface area contributed by atoms with Crippen LogP contribution in [0.1, 0.15) is 35.0 Å². The first-order valence-corrected chi connectivity index (χ1v) is 8.07. The van der Waals surface area contributed by atoms with Crippen molar-refractivity contribution < 1.29 is 4.79 Å². The van der Waals surface area contributed by atoms with Crippen molar-refractivity contribution in [3.05, 3.63) is 46.3 Å². The van der Waals surface area contributed by atoms with Gasteiger partial charge in [0.2, 0.25) is 0 Å². The van der Waals surface area contributed by atoms with Crippen LogP contribution in [0.4, 0.5) is 10.5 Å². The first kappa shape index (κ1) is 17.1. The standard InChI is InChI=1S/C18H26N4O/c1-6-22-15(5)16(14(4)21-22)9-10-19-18(23)20-17-11-12(2)7-8-13(17)3/h7-8,11H,6,9-10H2,1-5H3,(H2,19,20,23). The SMILES string of the molecule is CCn1nc(C)c(CCNC(=O)Nc2cc(C)ccc2C)c1C. The number of urea groups is 1. The Hall–Kier alpha value is -2.30. The van der Waals surface area contributed by atoms with E-state index >= 15 is 0 Å². The highest BCUT2D eigenvalue weighted by molar-refractivity contribution is 5.90. The van der Waals surface area contributed by atoms with E-state index in [1.807, 2.05) is 43.7 Å². The van der Waals surface area contributed by atoms with Crippen LogP contribution < -0.4 is 10.6 Å². The molecule has 2 aromatic rings. The number of benzene rings is 1. The van der Waals surface area contributed by atoms with E-state index < -0.39 is 0 Å². The zero-order valence-electron chi connectivity index (χ0n) is 14.7. The van der Waals surface area contributed by atoms with Crippen molar-refractivity contribution in [2.24, 2.45) is 0 Å². The second kappa shape index (κ2) is 7.31. The van der Waals surface area contributed by atoms with Crippen LogP contribution >= 0.6 is 0 Å². The van der Waals surface area contributed by atoms with Gasteiger partial charge in [0.05, 0.1) is 5.69 Å². The third kappa shape index (κ3) is 4.12. The van der Waals surface area contributed by atoms with Gasteiger partial charge < -0.3 is 10.6 Å². The molecular weight excluding hydrogens is 288 g/mol. The lowest BCUT2D eigenvalue weighted by atomic mass is 10.1. The molecule has 0 aliphatic heterocycles. The summed E-state index contributed by atoms with van der Waals surface area (Å²) in [7, 11) is 0. The van der Waals surface area contributed by atoms with Crippen LogP contribution in [0.2, 0.25) is 0 Å². The van der Waals surface area contributed by atoms with Gasteiger partial charge in [-0.1, -0.05) is 12.1 Å². The minimum Gasteiger partial charge on any atom is -0.338 e. The van der Waals surface area contributed by atoms with Crippen molar-refractivity contribution in [1.29, 1.82) is 0 Å². The molecule has 1 heterocycles. The van der Waals surface area contributed by atoms with Gasteiger partial charge in [0.15, 0.2) is 0 Å². The first-order chi connectivity index (χ1) is 10.9. The smallest absolute Gasteiger partial charge is 0.319 e. The Labute approximate surface area is 138 Å². The van der Waals surface area contributed by atoms with E-state index in [1.54, 1.807) is 0 Å². The quantitative estimate of drug-likeness (QED) is 0.887. The van der Waals surface area contributed by atoms with Crippen molar-refractivity contribution in [1.82, 2.24) is 15.1 Å². The molecule has 0 atom stereocenters. The van der Waals surface area contributed by atoms with Crippen LogP contribution in [0.15, 0.2) is 18.2 Å². The molecule has 2 N–H and O–H groups in total. The molecule has 2 amide bonds. The summed E-state index contributed by atoms with van der Waals surface area (Å²) in [6, 6.07) is 5.86. The Morgan fingerprint density at radius 2 is 1.96 bits per heavy atom. The number of rotatable bonds is 5. The third-order valence-corrected chi connectivity index (χ3v) is 4.13. The van der Waals surface area contributed by atoms with Crippen molar-refractivity contribution in [3.63, 3.8) is 0 Å². The fraction of sp³-hybridized carbons (Fsp3) is 0.444. The molecule has 0 aliphatic carbocycles. The lowest BCUT2D eigenvalue weighted by Gasteiger charge is -2.11. The molecule has 5 nitrogen and oxygen atoms in total. The van der Waals surface area contributed by atoms with Crippen molar-refractivity contribution >= 4 is 11.7 Å². The number of amides is 2. The lowest BCUT2D eigenvalue weighted by Crippen LogP contribution is -2.30. The second-order valence-corrected chi connectivity index (χ2v) is 5.91. The maximum atomic E-state index is 12.1. The number of carbonyl (C=O) groups excluding carboxylic acids is 1. The fourth-order valence-corrected chi connectivity index (χ4v) is 2.74. The lowest BCUT2D eigenvalue weighted by molar-refractivity contribution is 0.252. The van der Waals surface area contributed by atoms with Crippen molar-refractivity contribution in [2.75, 3.05) is 11.9 Å². The molecule has 2 rings (SSSR count). The van der Waals surface area contributed by atoms with Crippen LogP contribution in [0.3, 0.4) is 0 Å². The molecule has 0 saturated carbocycles. The van der Waals surface area contributed by atoms with Crippen LogP contribution in [0, 0.1) is 27.7 Å². The molecule has 1 aromatic heterocycles. The van der Waals surface area contributed by atoms with Crippen molar-refractivity contribution in [3.8, 4) is 0 Å². The van der Waals surface area contributed by atoms with Gasteiger partial charge >= 0.3 is 6.03 Å². The molecule has 0 unspecified atom stereocenters. The molecule has 23 heavy (non-hydrogen) atoms. The summed E-state index contributed by atoms with van der Waals surface area (Å²) in [5.74, 6) is 0. The van der Waals surface area contributed by atoms with Gasteiger partial charge in [0.25, 0.3) is 0 Å². The highest BCUT2D eigenvalue weighted by atomic mass is 16.2. The summed E-state index contributed by atoms with van der Waals surface area (Å²) in [4.78, 5) is 12.1. The minimum atomic E-state index is -0.170. The number of aromatic nitrogens is 2. The van der Waals surface area contributed by atoms with Gasteiger partial charge in [0.1, 0.15) is 0 Å². The molecule has 0 radical (unpaired) electrons. The van der Waals surface area contributed by atoms with Crippen molar-refractivity contribution in [2.45, 2.75) is 47.6 Å². The van der Waals surface area contributed by atoms with E-state index in [0.717, 1.165) is 35.5 Å². The summed E-state index contributed by atoms with van der Waals surface area (Å²) in [6.07, 6.45) is 0.790. The number of hydrogen-bond acceptors (Lipinski definition) is 2. The average Bonchev–Trinajstić information content (AvgIpc) is 2.78. The van der Waals surface area contributed by atoms with E-state index in [-0.39, 0.29) is 6.03 Å². The molecule has 5 heteroatoms. The normalized spacial score (nSPS) is 10.7. The third-order valence-electron chi connectivity index (χ3n) is 4.13. The number of nitrogens with one attached hydrogen (secondary N) is 2. The summed E-state index contributed by atoms with van der Waals surface area (Å²) >= 11 is 0. The topological polar surface area (TPSA) is 59.0 Å². The van der Waals surface area contributed by atoms with Crippen LogP contribution in [-0.4, -0.2) is 22.4 Å². The van der Waals surface area contributed by atoms with Crippen LogP contribution in [0.5, 0.6) is 0 Å². The summed E-state index contributed by atoms with van der Waals surface area (Å²) < 4.78 is 2.00. The van der Waals surface area contributed by atoms with Gasteiger partial charge in [-0.3, -0.25) is 4.68 Å². The Kier molecular flexibility index (Phi) is 5.42. The maximum Gasteiger partial charge on any atom is 0.319 e. The number of hydrogen-bond donors (Lipinski definition) is 2. The maximum absolute atomic E-state index is 12.1. The molecule has 124 valence electrons. The highest BCUT2D eigenvalue weighted by Crippen LogP contribution is 2.16. The van der Waals surface area contributed by atoms with E-state index in [0.29, 0.717) is 6.54 Å². The number of nitrogens with zero attached hydrogens (tertiary/aromatic N) is 2. The van der Waals surface area contributed by atoms with Gasteiger partial charge in [0, 0.05) is 24.5 Å². The molecule has 0 fully saturated rings. The minimum absolute atomic E-state index is 0.170.